The molecule has 0 aromatic carbocycles. The van der Waals surface area contributed by atoms with E-state index in [1.807, 2.05) is 0 Å². The maximum atomic E-state index is 4.66. The third-order valence-corrected chi connectivity index (χ3v) is 1.11. The summed E-state index contributed by atoms with van der Waals surface area (Å²) >= 11 is 8.55. The Morgan fingerprint density at radius 1 is 1.67 bits per heavy atom. The summed E-state index contributed by atoms with van der Waals surface area (Å²) in [5.41, 5.74) is 0. The molecule has 0 aliphatic carbocycles. The molecule has 0 saturated carbocycles. The first kappa shape index (κ1) is 12.9. The molecule has 0 unspecified atom stereocenters. The predicted molar refractivity (Wildman–Crippen MR) is 50.2 cm³/mol. The first-order valence-corrected chi connectivity index (χ1v) is 3.59. The van der Waals surface area contributed by atoms with E-state index >= 15 is 0 Å². The Kier molecular flexibility index (Phi) is 13.2. The van der Waals surface area contributed by atoms with Crippen molar-refractivity contribution in [2.24, 2.45) is 0 Å². The largest absolute Gasteiger partial charge is 0.371 e. The summed E-state index contributed by atoms with van der Waals surface area (Å²) in [6.07, 6.45) is 2.37. The topological polar surface area (TPSA) is 12.0 Å². The predicted octanol–water partition coefficient (Wildman–Crippen LogP) is 1.21. The standard InChI is InChI=1S/C5H11NS2.Na/c1-2-3-4-6-5(7)8;/h2-4H2,1H3,(H2,6,7,8);. The van der Waals surface area contributed by atoms with Crippen LogP contribution in [-0.2, 0) is 0 Å². The van der Waals surface area contributed by atoms with Crippen LogP contribution < -0.4 is 5.32 Å². The molecule has 0 spiro atoms. The Balaban J connectivity index is 0. The minimum Gasteiger partial charge on any atom is -0.371 e. The van der Waals surface area contributed by atoms with Gasteiger partial charge in [-0.15, -0.1) is 12.6 Å². The van der Waals surface area contributed by atoms with Crippen LogP contribution in [0.1, 0.15) is 19.8 Å². The number of thiol groups is 1. The van der Waals surface area contributed by atoms with E-state index in [2.05, 4.69) is 37.1 Å². The minimum atomic E-state index is 0. The fourth-order valence-corrected chi connectivity index (χ4v) is 0.586. The van der Waals surface area contributed by atoms with Crippen molar-refractivity contribution in [2.75, 3.05) is 6.54 Å². The van der Waals surface area contributed by atoms with E-state index in [1.165, 1.54) is 12.8 Å². The average molecular weight is 172 g/mol. The molecule has 1 N–H and O–H groups in total. The summed E-state index contributed by atoms with van der Waals surface area (Å²) in [4.78, 5) is 0. The van der Waals surface area contributed by atoms with Gasteiger partial charge in [-0.2, -0.15) is 0 Å². The number of hydrogen-bond donors (Lipinski definition) is 2. The van der Waals surface area contributed by atoms with Gasteiger partial charge in [0.2, 0.25) is 0 Å². The fourth-order valence-electron chi connectivity index (χ4n) is 0.372. The van der Waals surface area contributed by atoms with Crippen LogP contribution in [-0.4, -0.2) is 40.4 Å². The molecule has 1 radical (unpaired) electrons. The molecule has 0 atom stereocenters. The molecular formula is C5H11NNaS2. The molecule has 0 fully saturated rings. The number of rotatable bonds is 3. The molecule has 0 aliphatic rings. The van der Waals surface area contributed by atoms with Crippen molar-refractivity contribution in [3.63, 3.8) is 0 Å². The summed E-state index contributed by atoms with van der Waals surface area (Å²) in [6, 6.07) is 0. The molecule has 4 heteroatoms. The van der Waals surface area contributed by atoms with Gasteiger partial charge >= 0.3 is 0 Å². The molecule has 9 heavy (non-hydrogen) atoms. The van der Waals surface area contributed by atoms with Crippen molar-refractivity contribution in [2.45, 2.75) is 19.8 Å². The van der Waals surface area contributed by atoms with Crippen LogP contribution in [0.2, 0.25) is 0 Å². The average Bonchev–Trinajstić information content (AvgIpc) is 1.66. The second-order valence-corrected chi connectivity index (χ2v) is 2.74. The molecule has 0 saturated heterocycles. The zero-order chi connectivity index (χ0) is 6.41. The van der Waals surface area contributed by atoms with Gasteiger partial charge in [0, 0.05) is 36.1 Å². The Bertz CT molecular complexity index is 77.4. The SMILES string of the molecule is CCCCNC(=S)S.[Na]. The van der Waals surface area contributed by atoms with E-state index < -0.39 is 0 Å². The van der Waals surface area contributed by atoms with Crippen LogP contribution in [0.5, 0.6) is 0 Å². The van der Waals surface area contributed by atoms with E-state index in [0.717, 1.165) is 6.54 Å². The molecule has 0 aromatic heterocycles. The first-order chi connectivity index (χ1) is 3.77. The van der Waals surface area contributed by atoms with Crippen LogP contribution in [0.4, 0.5) is 0 Å². The maximum absolute atomic E-state index is 4.66. The summed E-state index contributed by atoms with van der Waals surface area (Å²) in [5.74, 6) is 0. The Labute approximate surface area is 89.7 Å². The molecule has 0 aliphatic heterocycles. The monoisotopic (exact) mass is 172 g/mol. The van der Waals surface area contributed by atoms with E-state index in [9.17, 15) is 0 Å². The van der Waals surface area contributed by atoms with Crippen molar-refractivity contribution < 1.29 is 0 Å². The molecule has 0 amide bonds. The quantitative estimate of drug-likeness (QED) is 0.287. The van der Waals surface area contributed by atoms with Gasteiger partial charge in [0.15, 0.2) is 0 Å². The zero-order valence-corrected chi connectivity index (χ0v) is 9.69. The van der Waals surface area contributed by atoms with Gasteiger partial charge in [0.05, 0.1) is 0 Å². The molecule has 0 heterocycles. The second kappa shape index (κ2) is 9.24. The van der Waals surface area contributed by atoms with Crippen LogP contribution in [0.25, 0.3) is 0 Å². The molecule has 49 valence electrons. The van der Waals surface area contributed by atoms with Gasteiger partial charge < -0.3 is 5.32 Å². The summed E-state index contributed by atoms with van der Waals surface area (Å²) in [6.45, 7) is 3.10. The Morgan fingerprint density at radius 3 is 2.56 bits per heavy atom. The van der Waals surface area contributed by atoms with E-state index in [4.69, 9.17) is 0 Å². The van der Waals surface area contributed by atoms with Crippen LogP contribution >= 0.6 is 24.8 Å². The van der Waals surface area contributed by atoms with E-state index in [0.29, 0.717) is 4.32 Å². The second-order valence-electron chi connectivity index (χ2n) is 1.59. The first-order valence-electron chi connectivity index (χ1n) is 2.74. The van der Waals surface area contributed by atoms with Crippen molar-refractivity contribution in [1.82, 2.24) is 5.32 Å². The van der Waals surface area contributed by atoms with E-state index in [-0.39, 0.29) is 29.6 Å². The van der Waals surface area contributed by atoms with Crippen molar-refractivity contribution in [3.8, 4) is 0 Å². The minimum absolute atomic E-state index is 0. The third kappa shape index (κ3) is 12.4. The maximum Gasteiger partial charge on any atom is 0.130 e. The van der Waals surface area contributed by atoms with Gasteiger partial charge in [-0.3, -0.25) is 0 Å². The molecule has 0 rings (SSSR count). The summed E-state index contributed by atoms with van der Waals surface area (Å²) in [5, 5.41) is 2.94. The van der Waals surface area contributed by atoms with Crippen molar-refractivity contribution in [3.05, 3.63) is 0 Å². The summed E-state index contributed by atoms with van der Waals surface area (Å²) in [7, 11) is 0. The number of thiocarbonyl (C=S) groups is 1. The van der Waals surface area contributed by atoms with Gasteiger partial charge in [0.1, 0.15) is 4.32 Å². The third-order valence-electron chi connectivity index (χ3n) is 0.807. The van der Waals surface area contributed by atoms with Gasteiger partial charge in [-0.05, 0) is 6.42 Å². The van der Waals surface area contributed by atoms with Gasteiger partial charge in [0.25, 0.3) is 0 Å². The summed E-state index contributed by atoms with van der Waals surface area (Å²) < 4.78 is 0.596. The Morgan fingerprint density at radius 2 is 2.22 bits per heavy atom. The Hall–Kier alpha value is 1.24. The van der Waals surface area contributed by atoms with Crippen LogP contribution in [0.3, 0.4) is 0 Å². The number of unbranched alkanes of at least 4 members (excludes halogenated alkanes) is 1. The zero-order valence-electron chi connectivity index (χ0n) is 5.98. The number of hydrogen-bond acceptors (Lipinski definition) is 1. The molecular weight excluding hydrogens is 161 g/mol. The van der Waals surface area contributed by atoms with Crippen molar-refractivity contribution >= 4 is 58.7 Å². The van der Waals surface area contributed by atoms with E-state index in [1.54, 1.807) is 0 Å². The van der Waals surface area contributed by atoms with Gasteiger partial charge in [-0.25, -0.2) is 0 Å². The normalized spacial score (nSPS) is 7.78. The van der Waals surface area contributed by atoms with Gasteiger partial charge in [-0.1, -0.05) is 25.6 Å². The molecule has 0 aromatic rings. The number of nitrogens with one attached hydrogen (secondary N) is 1. The fraction of sp³-hybridized carbons (Fsp3) is 0.800. The van der Waals surface area contributed by atoms with Crippen molar-refractivity contribution in [1.29, 1.82) is 0 Å². The molecule has 1 nitrogen and oxygen atoms in total. The van der Waals surface area contributed by atoms with Crippen LogP contribution in [0.15, 0.2) is 0 Å². The van der Waals surface area contributed by atoms with Crippen LogP contribution in [0, 0.1) is 0 Å². The smallest absolute Gasteiger partial charge is 0.130 e. The molecule has 0 bridgehead atoms.